The molecular formula is C26H32N6O4. The Hall–Kier alpha value is -3.84. The molecule has 190 valence electrons. The minimum absolute atomic E-state index is 0.138. The predicted molar refractivity (Wildman–Crippen MR) is 137 cm³/mol. The molecule has 4 rings (SSSR count). The fourth-order valence-electron chi connectivity index (χ4n) is 4.60. The number of hydrogen-bond donors (Lipinski definition) is 2. The van der Waals surface area contributed by atoms with Gasteiger partial charge in [0.25, 0.3) is 0 Å². The fourth-order valence-corrected chi connectivity index (χ4v) is 4.60. The maximum absolute atomic E-state index is 13.3. The standard InChI is InChI=1S/C26H32N6O4/c1-26(2,3)36-24(34)29-18-10-8-12-31(15-18)21-13-19(16-33)28-23-22(21)32(25(35)30(23)5)14-17-9-6-7-11-20(17)27-4/h6-7,9,11,13,18,33H,8,10,12,14-16H2,1-3,5H3,(H,29,34)/t18-/m1/s1. The van der Waals surface area contributed by atoms with E-state index in [0.717, 1.165) is 30.6 Å². The van der Waals surface area contributed by atoms with Crippen LogP contribution in [-0.4, -0.2) is 50.1 Å². The van der Waals surface area contributed by atoms with Gasteiger partial charge in [0.15, 0.2) is 11.3 Å². The number of aliphatic hydroxyl groups is 1. The van der Waals surface area contributed by atoms with Gasteiger partial charge in [0.2, 0.25) is 0 Å². The maximum Gasteiger partial charge on any atom is 0.407 e. The highest BCUT2D eigenvalue weighted by atomic mass is 16.6. The summed E-state index contributed by atoms with van der Waals surface area (Å²) in [7, 11) is 1.66. The second-order valence-corrected chi connectivity index (χ2v) is 10.1. The van der Waals surface area contributed by atoms with Crippen molar-refractivity contribution in [1.82, 2.24) is 19.4 Å². The number of anilines is 1. The van der Waals surface area contributed by atoms with Gasteiger partial charge in [-0.1, -0.05) is 24.3 Å². The Morgan fingerprint density at radius 3 is 2.78 bits per heavy atom. The van der Waals surface area contributed by atoms with E-state index < -0.39 is 11.7 Å². The summed E-state index contributed by atoms with van der Waals surface area (Å²) >= 11 is 0. The van der Waals surface area contributed by atoms with Gasteiger partial charge < -0.3 is 20.1 Å². The number of benzene rings is 1. The molecule has 1 amide bonds. The molecule has 1 aromatic carbocycles. The van der Waals surface area contributed by atoms with Crippen LogP contribution in [0.15, 0.2) is 35.1 Å². The number of aryl methyl sites for hydroxylation is 1. The number of carbonyl (C=O) groups is 1. The second-order valence-electron chi connectivity index (χ2n) is 10.1. The number of hydrogen-bond acceptors (Lipinski definition) is 6. The second kappa shape index (κ2) is 10.0. The first kappa shape index (κ1) is 25.3. The number of ether oxygens (including phenoxy) is 1. The first-order valence-corrected chi connectivity index (χ1v) is 12.0. The summed E-state index contributed by atoms with van der Waals surface area (Å²) < 4.78 is 8.53. The highest BCUT2D eigenvalue weighted by Gasteiger charge is 2.28. The number of aliphatic hydroxyl groups excluding tert-OH is 1. The third-order valence-electron chi connectivity index (χ3n) is 6.20. The average Bonchev–Trinajstić information content (AvgIpc) is 3.07. The predicted octanol–water partition coefficient (Wildman–Crippen LogP) is 3.32. The topological polar surface area (TPSA) is 106 Å². The molecule has 1 atom stereocenters. The number of piperidine rings is 1. The molecule has 1 saturated heterocycles. The zero-order valence-corrected chi connectivity index (χ0v) is 21.1. The Labute approximate surface area is 209 Å². The first-order chi connectivity index (χ1) is 17.1. The summed E-state index contributed by atoms with van der Waals surface area (Å²) in [5, 5.41) is 12.9. The lowest BCUT2D eigenvalue weighted by atomic mass is 10.0. The molecule has 10 nitrogen and oxygen atoms in total. The lowest BCUT2D eigenvalue weighted by molar-refractivity contribution is 0.0500. The number of carbonyl (C=O) groups excluding carboxylic acids is 1. The molecule has 0 radical (unpaired) electrons. The van der Waals surface area contributed by atoms with Gasteiger partial charge in [-0.2, -0.15) is 0 Å². The molecule has 0 bridgehead atoms. The molecule has 36 heavy (non-hydrogen) atoms. The van der Waals surface area contributed by atoms with E-state index in [4.69, 9.17) is 11.3 Å². The van der Waals surface area contributed by atoms with E-state index in [9.17, 15) is 14.7 Å². The molecule has 10 heteroatoms. The molecule has 0 unspecified atom stereocenters. The number of alkyl carbamates (subject to hydrolysis) is 1. The highest BCUT2D eigenvalue weighted by Crippen LogP contribution is 2.30. The Morgan fingerprint density at radius 1 is 1.33 bits per heavy atom. The lowest BCUT2D eigenvalue weighted by Crippen LogP contribution is -2.49. The van der Waals surface area contributed by atoms with Crippen molar-refractivity contribution in [2.45, 2.75) is 58.4 Å². The molecule has 1 fully saturated rings. The van der Waals surface area contributed by atoms with E-state index in [-0.39, 0.29) is 24.9 Å². The van der Waals surface area contributed by atoms with E-state index >= 15 is 0 Å². The van der Waals surface area contributed by atoms with Crippen molar-refractivity contribution >= 4 is 28.6 Å². The molecule has 0 aliphatic carbocycles. The van der Waals surface area contributed by atoms with Crippen LogP contribution in [-0.2, 0) is 24.9 Å². The van der Waals surface area contributed by atoms with Gasteiger partial charge in [-0.3, -0.25) is 9.13 Å². The summed E-state index contributed by atoms with van der Waals surface area (Å²) in [6.07, 6.45) is 1.17. The third-order valence-corrected chi connectivity index (χ3v) is 6.20. The van der Waals surface area contributed by atoms with Gasteiger partial charge in [-0.15, -0.1) is 0 Å². The van der Waals surface area contributed by atoms with Crippen molar-refractivity contribution in [2.24, 2.45) is 7.05 Å². The largest absolute Gasteiger partial charge is 0.444 e. The number of nitrogens with one attached hydrogen (secondary N) is 1. The molecule has 2 aromatic heterocycles. The van der Waals surface area contributed by atoms with Crippen molar-refractivity contribution < 1.29 is 14.6 Å². The lowest BCUT2D eigenvalue weighted by Gasteiger charge is -2.35. The summed E-state index contributed by atoms with van der Waals surface area (Å²) in [6, 6.07) is 8.89. The Bertz CT molecular complexity index is 1380. The van der Waals surface area contributed by atoms with Crippen LogP contribution in [0, 0.1) is 6.57 Å². The van der Waals surface area contributed by atoms with Gasteiger partial charge in [0, 0.05) is 32.7 Å². The van der Waals surface area contributed by atoms with Crippen molar-refractivity contribution in [3.8, 4) is 0 Å². The van der Waals surface area contributed by atoms with Gasteiger partial charge in [0.05, 0.1) is 24.6 Å². The van der Waals surface area contributed by atoms with E-state index in [1.165, 1.54) is 4.57 Å². The van der Waals surface area contributed by atoms with Crippen LogP contribution >= 0.6 is 0 Å². The summed E-state index contributed by atoms with van der Waals surface area (Å²) in [5.41, 5.74) is 2.69. The van der Waals surface area contributed by atoms with Crippen LogP contribution in [0.1, 0.15) is 44.9 Å². The molecule has 0 saturated carbocycles. The SMILES string of the molecule is [C-]#[N+]c1ccccc1Cn1c(=O)n(C)c2nc(CO)cc(N3CCC[C@@H](NC(=O)OC(C)(C)C)C3)c21. The van der Waals surface area contributed by atoms with Gasteiger partial charge in [0.1, 0.15) is 11.1 Å². The number of imidazole rings is 1. The summed E-state index contributed by atoms with van der Waals surface area (Å²) in [6.45, 7) is 14.2. The molecular weight excluding hydrogens is 460 g/mol. The monoisotopic (exact) mass is 492 g/mol. The molecule has 2 N–H and O–H groups in total. The number of amides is 1. The average molecular weight is 493 g/mol. The van der Waals surface area contributed by atoms with Crippen LogP contribution in [0.5, 0.6) is 0 Å². The summed E-state index contributed by atoms with van der Waals surface area (Å²) in [4.78, 5) is 36.0. The van der Waals surface area contributed by atoms with Crippen LogP contribution in [0.4, 0.5) is 16.2 Å². The third kappa shape index (κ3) is 5.21. The van der Waals surface area contributed by atoms with Crippen LogP contribution < -0.4 is 15.9 Å². The molecule has 3 aromatic rings. The quantitative estimate of drug-likeness (QED) is 0.530. The maximum atomic E-state index is 13.3. The Morgan fingerprint density at radius 2 is 2.08 bits per heavy atom. The minimum atomic E-state index is -0.590. The number of aromatic nitrogens is 3. The fraction of sp³-hybridized carbons (Fsp3) is 0.462. The number of fused-ring (bicyclic) bond motifs is 1. The van der Waals surface area contributed by atoms with E-state index in [2.05, 4.69) is 20.0 Å². The van der Waals surface area contributed by atoms with Crippen LogP contribution in [0.25, 0.3) is 16.0 Å². The van der Waals surface area contributed by atoms with Crippen molar-refractivity contribution in [3.63, 3.8) is 0 Å². The normalized spacial score (nSPS) is 16.1. The molecule has 1 aliphatic rings. The number of para-hydroxylation sites is 1. The Balaban J connectivity index is 1.75. The van der Waals surface area contributed by atoms with Gasteiger partial charge in [-0.25, -0.2) is 19.4 Å². The Kier molecular flexibility index (Phi) is 7.04. The number of rotatable bonds is 5. The van der Waals surface area contributed by atoms with Crippen molar-refractivity contribution in [3.05, 3.63) is 63.5 Å². The van der Waals surface area contributed by atoms with Crippen molar-refractivity contribution in [2.75, 3.05) is 18.0 Å². The minimum Gasteiger partial charge on any atom is -0.444 e. The zero-order valence-electron chi connectivity index (χ0n) is 21.1. The van der Waals surface area contributed by atoms with Crippen LogP contribution in [0.2, 0.25) is 0 Å². The molecule has 0 spiro atoms. The molecule has 3 heterocycles. The van der Waals surface area contributed by atoms with E-state index in [1.54, 1.807) is 29.8 Å². The van der Waals surface area contributed by atoms with Gasteiger partial charge in [-0.05, 0) is 45.2 Å². The smallest absolute Gasteiger partial charge is 0.407 e. The van der Waals surface area contributed by atoms with Gasteiger partial charge >= 0.3 is 11.8 Å². The first-order valence-electron chi connectivity index (χ1n) is 12.0. The van der Waals surface area contributed by atoms with E-state index in [1.807, 2.05) is 32.9 Å². The van der Waals surface area contributed by atoms with Crippen LogP contribution in [0.3, 0.4) is 0 Å². The summed E-state index contributed by atoms with van der Waals surface area (Å²) in [5.74, 6) is 0. The molecule has 1 aliphatic heterocycles. The van der Waals surface area contributed by atoms with E-state index in [0.29, 0.717) is 29.1 Å². The highest BCUT2D eigenvalue weighted by molar-refractivity contribution is 5.87. The van der Waals surface area contributed by atoms with Crippen molar-refractivity contribution in [1.29, 1.82) is 0 Å². The zero-order chi connectivity index (χ0) is 26.0. The number of nitrogens with zero attached hydrogens (tertiary/aromatic N) is 5. The number of pyridine rings is 1.